The maximum atomic E-state index is 12.0. The van der Waals surface area contributed by atoms with Crippen molar-refractivity contribution in [3.05, 3.63) is 39.8 Å². The zero-order chi connectivity index (χ0) is 12.5. The molecule has 0 radical (unpaired) electrons. The van der Waals surface area contributed by atoms with E-state index in [4.69, 9.17) is 0 Å². The van der Waals surface area contributed by atoms with Crippen molar-refractivity contribution in [1.29, 1.82) is 0 Å². The highest BCUT2D eigenvalue weighted by atomic mass is 79.9. The van der Waals surface area contributed by atoms with Crippen molar-refractivity contribution < 1.29 is 8.42 Å². The average Bonchev–Trinajstić information content (AvgIpc) is 2.69. The predicted molar refractivity (Wildman–Crippen MR) is 71.8 cm³/mol. The minimum Gasteiger partial charge on any atom is -0.262 e. The molecule has 0 aromatic carbocycles. The number of hydrogen-bond acceptors (Lipinski definition) is 4. The SMILES string of the molecule is Cc1ccc(S(=O)(=O)Nc2ncccc2Br)s1. The van der Waals surface area contributed by atoms with E-state index in [9.17, 15) is 8.42 Å². The molecule has 4 nitrogen and oxygen atoms in total. The molecule has 2 aromatic heterocycles. The van der Waals surface area contributed by atoms with Crippen LogP contribution in [-0.4, -0.2) is 13.4 Å². The Kier molecular flexibility index (Phi) is 3.50. The number of nitrogens with zero attached hydrogens (tertiary/aromatic N) is 1. The monoisotopic (exact) mass is 332 g/mol. The number of rotatable bonds is 3. The molecule has 2 rings (SSSR count). The fourth-order valence-corrected chi connectivity index (χ4v) is 3.99. The van der Waals surface area contributed by atoms with Crippen LogP contribution in [0.5, 0.6) is 0 Å². The third kappa shape index (κ3) is 2.85. The number of nitrogens with one attached hydrogen (secondary N) is 1. The van der Waals surface area contributed by atoms with E-state index in [0.29, 0.717) is 10.3 Å². The summed E-state index contributed by atoms with van der Waals surface area (Å²) in [5.41, 5.74) is 0. The van der Waals surface area contributed by atoms with Crippen LogP contribution in [0.4, 0.5) is 5.82 Å². The summed E-state index contributed by atoms with van der Waals surface area (Å²) in [5.74, 6) is 0.290. The Balaban J connectivity index is 2.33. The van der Waals surface area contributed by atoms with Crippen molar-refractivity contribution in [3.8, 4) is 0 Å². The summed E-state index contributed by atoms with van der Waals surface area (Å²) in [6.07, 6.45) is 1.53. The highest BCUT2D eigenvalue weighted by molar-refractivity contribution is 9.10. The van der Waals surface area contributed by atoms with Gasteiger partial charge in [0.25, 0.3) is 10.0 Å². The topological polar surface area (TPSA) is 59.1 Å². The molecular formula is C10H9BrN2O2S2. The van der Waals surface area contributed by atoms with E-state index in [1.165, 1.54) is 17.5 Å². The summed E-state index contributed by atoms with van der Waals surface area (Å²) in [7, 11) is -3.54. The number of pyridine rings is 1. The van der Waals surface area contributed by atoms with Crippen molar-refractivity contribution in [1.82, 2.24) is 4.98 Å². The summed E-state index contributed by atoms with van der Waals surface area (Å²) in [6, 6.07) is 6.80. The van der Waals surface area contributed by atoms with Crippen LogP contribution in [0.3, 0.4) is 0 Å². The number of sulfonamides is 1. The van der Waals surface area contributed by atoms with Crippen molar-refractivity contribution in [3.63, 3.8) is 0 Å². The second-order valence-corrected chi connectivity index (χ2v) is 7.36. The largest absolute Gasteiger partial charge is 0.272 e. The van der Waals surface area contributed by atoms with Gasteiger partial charge in [0.1, 0.15) is 4.21 Å². The highest BCUT2D eigenvalue weighted by Crippen LogP contribution is 2.25. The van der Waals surface area contributed by atoms with Crippen LogP contribution in [0.15, 0.2) is 39.1 Å². The van der Waals surface area contributed by atoms with Crippen LogP contribution in [-0.2, 0) is 10.0 Å². The lowest BCUT2D eigenvalue weighted by atomic mass is 10.5. The van der Waals surface area contributed by atoms with E-state index in [2.05, 4.69) is 25.6 Å². The second-order valence-electron chi connectivity index (χ2n) is 3.30. The van der Waals surface area contributed by atoms with Gasteiger partial charge in [0, 0.05) is 11.1 Å². The molecule has 0 aliphatic rings. The molecule has 0 unspecified atom stereocenters. The first-order chi connectivity index (χ1) is 7.99. The van der Waals surface area contributed by atoms with E-state index in [0.717, 1.165) is 4.88 Å². The summed E-state index contributed by atoms with van der Waals surface area (Å²) in [5, 5.41) is 0. The zero-order valence-corrected chi connectivity index (χ0v) is 12.1. The van der Waals surface area contributed by atoms with Gasteiger partial charge in [-0.3, -0.25) is 4.72 Å². The second kappa shape index (κ2) is 4.75. The number of aryl methyl sites for hydroxylation is 1. The molecule has 7 heteroatoms. The molecule has 0 atom stereocenters. The lowest BCUT2D eigenvalue weighted by Gasteiger charge is -2.06. The molecule has 0 bridgehead atoms. The molecule has 0 saturated carbocycles. The van der Waals surface area contributed by atoms with Crippen LogP contribution in [0.25, 0.3) is 0 Å². The van der Waals surface area contributed by atoms with E-state index >= 15 is 0 Å². The van der Waals surface area contributed by atoms with E-state index < -0.39 is 10.0 Å². The zero-order valence-electron chi connectivity index (χ0n) is 8.84. The third-order valence-corrected chi connectivity index (χ3v) is 5.44. The van der Waals surface area contributed by atoms with Crippen LogP contribution < -0.4 is 4.72 Å². The maximum absolute atomic E-state index is 12.0. The molecular weight excluding hydrogens is 324 g/mol. The minimum absolute atomic E-state index is 0.285. The molecule has 1 N–H and O–H groups in total. The van der Waals surface area contributed by atoms with Gasteiger partial charge >= 0.3 is 0 Å². The molecule has 17 heavy (non-hydrogen) atoms. The van der Waals surface area contributed by atoms with Gasteiger partial charge in [-0.15, -0.1) is 11.3 Å². The van der Waals surface area contributed by atoms with Crippen LogP contribution >= 0.6 is 27.3 Å². The van der Waals surface area contributed by atoms with Gasteiger partial charge in [-0.05, 0) is 47.1 Å². The Hall–Kier alpha value is -0.920. The van der Waals surface area contributed by atoms with Crippen molar-refractivity contribution in [2.45, 2.75) is 11.1 Å². The Bertz CT molecular complexity index is 637. The predicted octanol–water partition coefficient (Wildman–Crippen LogP) is 3.01. The van der Waals surface area contributed by atoms with Gasteiger partial charge in [-0.2, -0.15) is 0 Å². The quantitative estimate of drug-likeness (QED) is 0.939. The number of aromatic nitrogens is 1. The van der Waals surface area contributed by atoms with E-state index in [1.807, 2.05) is 6.92 Å². The van der Waals surface area contributed by atoms with Crippen LogP contribution in [0, 0.1) is 6.92 Å². The molecule has 0 fully saturated rings. The Morgan fingerprint density at radius 3 is 2.71 bits per heavy atom. The fraction of sp³-hybridized carbons (Fsp3) is 0.100. The van der Waals surface area contributed by atoms with Crippen LogP contribution in [0.2, 0.25) is 0 Å². The normalized spacial score (nSPS) is 11.4. The number of hydrogen-bond donors (Lipinski definition) is 1. The number of halogens is 1. The summed E-state index contributed by atoms with van der Waals surface area (Å²) < 4.78 is 27.3. The summed E-state index contributed by atoms with van der Waals surface area (Å²) in [4.78, 5) is 4.91. The summed E-state index contributed by atoms with van der Waals surface area (Å²) in [6.45, 7) is 1.86. The molecule has 2 aromatic rings. The van der Waals surface area contributed by atoms with Crippen molar-refractivity contribution >= 4 is 43.1 Å². The Morgan fingerprint density at radius 2 is 2.12 bits per heavy atom. The Morgan fingerprint density at radius 1 is 1.35 bits per heavy atom. The van der Waals surface area contributed by atoms with E-state index in [-0.39, 0.29) is 4.21 Å². The summed E-state index contributed by atoms with van der Waals surface area (Å²) >= 11 is 4.47. The first-order valence-electron chi connectivity index (χ1n) is 4.69. The first kappa shape index (κ1) is 12.5. The van der Waals surface area contributed by atoms with Crippen molar-refractivity contribution in [2.75, 3.05) is 4.72 Å². The fourth-order valence-electron chi connectivity index (χ4n) is 1.19. The third-order valence-electron chi connectivity index (χ3n) is 1.97. The molecule has 2 heterocycles. The van der Waals surface area contributed by atoms with Gasteiger partial charge in [0.05, 0.1) is 4.47 Å². The average molecular weight is 333 g/mol. The smallest absolute Gasteiger partial charge is 0.262 e. The number of anilines is 1. The Labute approximate surface area is 112 Å². The molecule has 0 aliphatic carbocycles. The first-order valence-corrected chi connectivity index (χ1v) is 7.78. The van der Waals surface area contributed by atoms with Gasteiger partial charge in [-0.25, -0.2) is 13.4 Å². The van der Waals surface area contributed by atoms with Crippen molar-refractivity contribution in [2.24, 2.45) is 0 Å². The number of thiophene rings is 1. The standard InChI is InChI=1S/C10H9BrN2O2S2/c1-7-4-5-9(16-7)17(14,15)13-10-8(11)3-2-6-12-10/h2-6H,1H3,(H,12,13). The lowest BCUT2D eigenvalue weighted by molar-refractivity contribution is 0.603. The lowest BCUT2D eigenvalue weighted by Crippen LogP contribution is -2.12. The highest BCUT2D eigenvalue weighted by Gasteiger charge is 2.17. The van der Waals surface area contributed by atoms with Gasteiger partial charge in [-0.1, -0.05) is 0 Å². The molecule has 0 amide bonds. The molecule has 0 aliphatic heterocycles. The van der Waals surface area contributed by atoms with Gasteiger partial charge in [0.2, 0.25) is 0 Å². The molecule has 0 saturated heterocycles. The van der Waals surface area contributed by atoms with E-state index in [1.54, 1.807) is 24.3 Å². The maximum Gasteiger partial charge on any atom is 0.272 e. The van der Waals surface area contributed by atoms with Gasteiger partial charge in [0.15, 0.2) is 5.82 Å². The van der Waals surface area contributed by atoms with Gasteiger partial charge < -0.3 is 0 Å². The molecule has 90 valence electrons. The minimum atomic E-state index is -3.54. The van der Waals surface area contributed by atoms with Crippen LogP contribution in [0.1, 0.15) is 4.88 Å². The molecule has 0 spiro atoms.